The van der Waals surface area contributed by atoms with Gasteiger partial charge in [0.05, 0.1) is 5.52 Å². The van der Waals surface area contributed by atoms with E-state index >= 15 is 0 Å². The third-order valence-electron chi connectivity index (χ3n) is 2.70. The van der Waals surface area contributed by atoms with E-state index < -0.39 is 0 Å². The maximum atomic E-state index is 5.15. The maximum Gasteiger partial charge on any atom is 0.321 e. The van der Waals surface area contributed by atoms with E-state index in [0.717, 1.165) is 16.5 Å². The number of rotatable bonds is 3. The Labute approximate surface area is 110 Å². The van der Waals surface area contributed by atoms with Gasteiger partial charge in [0.25, 0.3) is 0 Å². The molecule has 0 unspecified atom stereocenters. The highest BCUT2D eigenvalue weighted by atomic mass is 16.5. The molecule has 0 fully saturated rings. The van der Waals surface area contributed by atoms with E-state index in [0.29, 0.717) is 11.8 Å². The van der Waals surface area contributed by atoms with Gasteiger partial charge in [-0.15, -0.1) is 0 Å². The highest BCUT2D eigenvalue weighted by Crippen LogP contribution is 2.22. The van der Waals surface area contributed by atoms with Crippen molar-refractivity contribution in [2.24, 2.45) is 0 Å². The molecule has 3 aromatic rings. The molecule has 0 spiro atoms. The van der Waals surface area contributed by atoms with Gasteiger partial charge in [0.1, 0.15) is 0 Å². The van der Waals surface area contributed by atoms with Crippen molar-refractivity contribution >= 4 is 16.9 Å². The minimum Gasteiger partial charge on any atom is -0.336 e. The molecule has 96 valence electrons. The summed E-state index contributed by atoms with van der Waals surface area (Å²) in [6, 6.07) is 10.5. The van der Waals surface area contributed by atoms with Crippen molar-refractivity contribution < 1.29 is 4.52 Å². The minimum atomic E-state index is 0.258. The smallest absolute Gasteiger partial charge is 0.321 e. The molecule has 5 nitrogen and oxygen atoms in total. The zero-order chi connectivity index (χ0) is 13.2. The Morgan fingerprint density at radius 1 is 1.21 bits per heavy atom. The number of hydrogen-bond donors (Lipinski definition) is 1. The number of hydrogen-bond acceptors (Lipinski definition) is 5. The van der Waals surface area contributed by atoms with Gasteiger partial charge in [-0.05, 0) is 38.1 Å². The number of fused-ring (bicyclic) bond motifs is 1. The fraction of sp³-hybridized carbons (Fsp3) is 0.214. The summed E-state index contributed by atoms with van der Waals surface area (Å²) in [5.74, 6) is 0.578. The number of nitrogens with zero attached hydrogens (tertiary/aromatic N) is 3. The van der Waals surface area contributed by atoms with Crippen molar-refractivity contribution in [1.29, 1.82) is 0 Å². The molecule has 3 rings (SSSR count). The Hall–Kier alpha value is -2.43. The molecule has 0 atom stereocenters. The zero-order valence-corrected chi connectivity index (χ0v) is 10.8. The second-order valence-corrected chi connectivity index (χ2v) is 4.63. The van der Waals surface area contributed by atoms with Gasteiger partial charge in [0, 0.05) is 23.2 Å². The predicted molar refractivity (Wildman–Crippen MR) is 73.8 cm³/mol. The molecule has 0 radical (unpaired) electrons. The fourth-order valence-electron chi connectivity index (χ4n) is 1.86. The first-order valence-electron chi connectivity index (χ1n) is 6.18. The van der Waals surface area contributed by atoms with Crippen LogP contribution in [0.25, 0.3) is 22.3 Å². The molecule has 0 aliphatic heterocycles. The maximum absolute atomic E-state index is 5.15. The Morgan fingerprint density at radius 3 is 2.95 bits per heavy atom. The molecule has 0 saturated carbocycles. The summed E-state index contributed by atoms with van der Waals surface area (Å²) in [6.07, 6.45) is 1.78. The van der Waals surface area contributed by atoms with Crippen molar-refractivity contribution in [3.63, 3.8) is 0 Å². The molecule has 5 heteroatoms. The van der Waals surface area contributed by atoms with Gasteiger partial charge >= 0.3 is 6.01 Å². The molecule has 0 bridgehead atoms. The number of nitrogens with one attached hydrogen (secondary N) is 1. The topological polar surface area (TPSA) is 63.8 Å². The van der Waals surface area contributed by atoms with E-state index in [1.54, 1.807) is 6.20 Å². The van der Waals surface area contributed by atoms with Crippen LogP contribution in [0.5, 0.6) is 0 Å². The third-order valence-corrected chi connectivity index (χ3v) is 2.70. The van der Waals surface area contributed by atoms with Crippen LogP contribution in [0.1, 0.15) is 13.8 Å². The Bertz CT molecular complexity index is 705. The Balaban J connectivity index is 1.97. The van der Waals surface area contributed by atoms with E-state index in [4.69, 9.17) is 4.52 Å². The van der Waals surface area contributed by atoms with Crippen molar-refractivity contribution in [3.05, 3.63) is 36.5 Å². The highest BCUT2D eigenvalue weighted by molar-refractivity contribution is 5.83. The SMILES string of the molecule is CC(C)Nc1nc(-c2ccc3ncccc3c2)no1. The summed E-state index contributed by atoms with van der Waals surface area (Å²) >= 11 is 0. The Kier molecular flexibility index (Phi) is 2.87. The molecule has 2 heterocycles. The molecule has 0 aliphatic carbocycles. The zero-order valence-electron chi connectivity index (χ0n) is 10.8. The van der Waals surface area contributed by atoms with Gasteiger partial charge in [-0.2, -0.15) is 4.98 Å². The average molecular weight is 254 g/mol. The van der Waals surface area contributed by atoms with Crippen molar-refractivity contribution in [2.45, 2.75) is 19.9 Å². The predicted octanol–water partition coefficient (Wildman–Crippen LogP) is 3.11. The third kappa shape index (κ3) is 2.40. The van der Waals surface area contributed by atoms with Crippen LogP contribution in [0.3, 0.4) is 0 Å². The van der Waals surface area contributed by atoms with Crippen molar-refractivity contribution in [2.75, 3.05) is 5.32 Å². The van der Waals surface area contributed by atoms with Crippen LogP contribution in [0.15, 0.2) is 41.1 Å². The number of benzene rings is 1. The van der Waals surface area contributed by atoms with Gasteiger partial charge in [-0.25, -0.2) is 0 Å². The molecule has 0 amide bonds. The van der Waals surface area contributed by atoms with E-state index in [-0.39, 0.29) is 6.04 Å². The Morgan fingerprint density at radius 2 is 2.11 bits per heavy atom. The number of aromatic nitrogens is 3. The van der Waals surface area contributed by atoms with Gasteiger partial charge in [0.2, 0.25) is 5.82 Å². The molecule has 1 N–H and O–H groups in total. The lowest BCUT2D eigenvalue weighted by Gasteiger charge is -2.01. The van der Waals surface area contributed by atoms with Gasteiger partial charge in [-0.1, -0.05) is 11.2 Å². The van der Waals surface area contributed by atoms with Gasteiger partial charge in [-0.3, -0.25) is 4.98 Å². The normalized spacial score (nSPS) is 11.1. The van der Waals surface area contributed by atoms with Crippen LogP contribution in [0.4, 0.5) is 6.01 Å². The van der Waals surface area contributed by atoms with Gasteiger partial charge < -0.3 is 9.84 Å². The molecular weight excluding hydrogens is 240 g/mol. The second-order valence-electron chi connectivity index (χ2n) is 4.63. The van der Waals surface area contributed by atoms with Crippen molar-refractivity contribution in [1.82, 2.24) is 15.1 Å². The monoisotopic (exact) mass is 254 g/mol. The number of anilines is 1. The largest absolute Gasteiger partial charge is 0.336 e. The molecule has 0 aliphatic rings. The minimum absolute atomic E-state index is 0.258. The van der Waals surface area contributed by atoms with Crippen LogP contribution >= 0.6 is 0 Å². The van der Waals surface area contributed by atoms with E-state index in [2.05, 4.69) is 20.4 Å². The standard InChI is InChI=1S/C14H14N4O/c1-9(2)16-14-17-13(18-19-14)11-5-6-12-10(8-11)4-3-7-15-12/h3-9H,1-2H3,(H,16,17,18). The second kappa shape index (κ2) is 4.68. The van der Waals surface area contributed by atoms with Crippen LogP contribution < -0.4 is 5.32 Å². The lowest BCUT2D eigenvalue weighted by Crippen LogP contribution is -2.09. The number of pyridine rings is 1. The summed E-state index contributed by atoms with van der Waals surface area (Å²) in [7, 11) is 0. The van der Waals surface area contributed by atoms with E-state index in [9.17, 15) is 0 Å². The quantitative estimate of drug-likeness (QED) is 0.778. The van der Waals surface area contributed by atoms with Gasteiger partial charge in [0.15, 0.2) is 0 Å². The van der Waals surface area contributed by atoms with Crippen LogP contribution in [0, 0.1) is 0 Å². The molecule has 2 aromatic heterocycles. The first kappa shape index (κ1) is 11.6. The molecule has 19 heavy (non-hydrogen) atoms. The summed E-state index contributed by atoms with van der Waals surface area (Å²) < 4.78 is 5.15. The summed E-state index contributed by atoms with van der Waals surface area (Å²) in [5.41, 5.74) is 1.87. The van der Waals surface area contributed by atoms with Crippen molar-refractivity contribution in [3.8, 4) is 11.4 Å². The first-order chi connectivity index (χ1) is 9.22. The van der Waals surface area contributed by atoms with E-state index in [1.165, 1.54) is 0 Å². The summed E-state index contributed by atoms with van der Waals surface area (Å²) in [5, 5.41) is 8.12. The lowest BCUT2D eigenvalue weighted by atomic mass is 10.1. The fourth-order valence-corrected chi connectivity index (χ4v) is 1.86. The van der Waals surface area contributed by atoms with Crippen LogP contribution in [-0.4, -0.2) is 21.2 Å². The molecular formula is C14H14N4O. The van der Waals surface area contributed by atoms with Crippen LogP contribution in [0.2, 0.25) is 0 Å². The average Bonchev–Trinajstić information content (AvgIpc) is 2.86. The highest BCUT2D eigenvalue weighted by Gasteiger charge is 2.09. The summed E-state index contributed by atoms with van der Waals surface area (Å²) in [6.45, 7) is 4.04. The molecule has 1 aromatic carbocycles. The lowest BCUT2D eigenvalue weighted by molar-refractivity contribution is 0.429. The van der Waals surface area contributed by atoms with E-state index in [1.807, 2.05) is 44.2 Å². The van der Waals surface area contributed by atoms with Crippen LogP contribution in [-0.2, 0) is 0 Å². The molecule has 0 saturated heterocycles. The summed E-state index contributed by atoms with van der Waals surface area (Å²) in [4.78, 5) is 8.60. The first-order valence-corrected chi connectivity index (χ1v) is 6.18.